The van der Waals surface area contributed by atoms with Crippen LogP contribution < -0.4 is 10.6 Å². The van der Waals surface area contributed by atoms with E-state index in [9.17, 15) is 14.7 Å². The van der Waals surface area contributed by atoms with Gasteiger partial charge in [0.05, 0.1) is 6.10 Å². The van der Waals surface area contributed by atoms with Crippen molar-refractivity contribution in [3.8, 4) is 0 Å². The molecule has 2 amide bonds. The van der Waals surface area contributed by atoms with Gasteiger partial charge in [-0.05, 0) is 60.7 Å². The highest BCUT2D eigenvalue weighted by Crippen LogP contribution is 2.64. The topological polar surface area (TPSA) is 78.4 Å². The molecule has 0 heterocycles. The molecule has 2 saturated carbocycles. The zero-order chi connectivity index (χ0) is 20.3. The molecule has 0 aromatic heterocycles. The van der Waals surface area contributed by atoms with Crippen LogP contribution in [-0.2, 0) is 9.59 Å². The molecule has 4 aliphatic carbocycles. The molecule has 154 valence electrons. The standard InChI is InChI=1S/C23H34N2O3/c1-13(26)24-19-12-15-11-16(28)7-9-22(15,3)18-8-10-23(4)17(21(18)19)5-6-20(23)25-14(2)27/h7,9,12,15-18,20-21,28H,5-6,8,10-11H2,1-4H3,(H,24,26)(H,25,27)/t15-,16-,17-,18-,20-,21-,22-,23-/m0/s1. The third-order valence-corrected chi connectivity index (χ3v) is 8.48. The highest BCUT2D eigenvalue weighted by Gasteiger charge is 2.60. The number of hydrogen-bond acceptors (Lipinski definition) is 3. The van der Waals surface area contributed by atoms with Crippen LogP contribution in [0.15, 0.2) is 23.9 Å². The van der Waals surface area contributed by atoms with Gasteiger partial charge in [-0.25, -0.2) is 0 Å². The molecule has 4 aliphatic rings. The molecule has 2 fully saturated rings. The van der Waals surface area contributed by atoms with Crippen molar-refractivity contribution in [1.82, 2.24) is 10.6 Å². The quantitative estimate of drug-likeness (QED) is 0.639. The van der Waals surface area contributed by atoms with Crippen LogP contribution in [-0.4, -0.2) is 29.1 Å². The maximum atomic E-state index is 12.0. The molecule has 8 atom stereocenters. The number of carbonyl (C=O) groups excluding carboxylic acids is 2. The van der Waals surface area contributed by atoms with Crippen molar-refractivity contribution < 1.29 is 14.7 Å². The molecular formula is C23H34N2O3. The summed E-state index contributed by atoms with van der Waals surface area (Å²) < 4.78 is 0. The molecule has 28 heavy (non-hydrogen) atoms. The Morgan fingerprint density at radius 2 is 1.86 bits per heavy atom. The second-order valence-electron chi connectivity index (χ2n) is 10.1. The van der Waals surface area contributed by atoms with Gasteiger partial charge < -0.3 is 15.7 Å². The summed E-state index contributed by atoms with van der Waals surface area (Å²) in [6, 6.07) is 0.212. The van der Waals surface area contributed by atoms with Gasteiger partial charge in [-0.2, -0.15) is 0 Å². The van der Waals surface area contributed by atoms with Gasteiger partial charge in [-0.3, -0.25) is 9.59 Å². The third kappa shape index (κ3) is 2.94. The van der Waals surface area contributed by atoms with Gasteiger partial charge in [-0.15, -0.1) is 0 Å². The number of amides is 2. The monoisotopic (exact) mass is 386 g/mol. The molecule has 3 N–H and O–H groups in total. The fourth-order valence-corrected chi connectivity index (χ4v) is 7.09. The SMILES string of the molecule is CC(=O)NC1=C[C@@H]2C[C@@H](O)C=C[C@]2(C)[C@H]2CC[C@]3(C)[C@@H](NC(C)=O)CC[C@H]3[C@H]12. The summed E-state index contributed by atoms with van der Waals surface area (Å²) in [5, 5.41) is 16.6. The Balaban J connectivity index is 1.74. The Morgan fingerprint density at radius 3 is 2.54 bits per heavy atom. The van der Waals surface area contributed by atoms with Crippen molar-refractivity contribution in [2.75, 3.05) is 0 Å². The number of hydrogen-bond donors (Lipinski definition) is 3. The normalized spacial score (nSPS) is 46.7. The molecule has 0 aromatic carbocycles. The maximum absolute atomic E-state index is 12.0. The minimum atomic E-state index is -0.408. The first-order valence-electron chi connectivity index (χ1n) is 10.8. The largest absolute Gasteiger partial charge is 0.389 e. The Hall–Kier alpha value is -1.62. The second kappa shape index (κ2) is 6.72. The summed E-state index contributed by atoms with van der Waals surface area (Å²) in [6.45, 7) is 7.86. The van der Waals surface area contributed by atoms with Crippen LogP contribution in [0.5, 0.6) is 0 Å². The molecule has 5 nitrogen and oxygen atoms in total. The molecule has 0 aromatic rings. The first-order chi connectivity index (χ1) is 13.1. The van der Waals surface area contributed by atoms with Crippen molar-refractivity contribution in [3.05, 3.63) is 23.9 Å². The number of aliphatic hydroxyl groups is 1. The van der Waals surface area contributed by atoms with Crippen molar-refractivity contribution in [1.29, 1.82) is 0 Å². The smallest absolute Gasteiger partial charge is 0.220 e. The van der Waals surface area contributed by atoms with E-state index >= 15 is 0 Å². The van der Waals surface area contributed by atoms with Gasteiger partial charge in [0.2, 0.25) is 11.8 Å². The summed E-state index contributed by atoms with van der Waals surface area (Å²) in [7, 11) is 0. The van der Waals surface area contributed by atoms with Crippen LogP contribution in [0.1, 0.15) is 59.8 Å². The number of rotatable bonds is 2. The van der Waals surface area contributed by atoms with E-state index in [1.807, 2.05) is 6.08 Å². The summed E-state index contributed by atoms with van der Waals surface area (Å²) in [5.41, 5.74) is 1.13. The van der Waals surface area contributed by atoms with Crippen molar-refractivity contribution >= 4 is 11.8 Å². The van der Waals surface area contributed by atoms with E-state index in [1.165, 1.54) is 0 Å². The van der Waals surface area contributed by atoms with E-state index in [4.69, 9.17) is 0 Å². The van der Waals surface area contributed by atoms with Gasteiger partial charge in [0, 0.05) is 31.5 Å². The van der Waals surface area contributed by atoms with Gasteiger partial charge >= 0.3 is 0 Å². The van der Waals surface area contributed by atoms with Crippen molar-refractivity contribution in [3.63, 3.8) is 0 Å². The average Bonchev–Trinajstić information content (AvgIpc) is 2.92. The maximum Gasteiger partial charge on any atom is 0.220 e. The van der Waals surface area contributed by atoms with Crippen LogP contribution >= 0.6 is 0 Å². The lowest BCUT2D eigenvalue weighted by Crippen LogP contribution is -2.56. The number of allylic oxidation sites excluding steroid dienone is 3. The summed E-state index contributed by atoms with van der Waals surface area (Å²) >= 11 is 0. The van der Waals surface area contributed by atoms with Gasteiger partial charge in [0.15, 0.2) is 0 Å². The molecule has 0 saturated heterocycles. The Morgan fingerprint density at radius 1 is 1.11 bits per heavy atom. The number of nitrogens with one attached hydrogen (secondary N) is 2. The minimum Gasteiger partial charge on any atom is -0.389 e. The Labute approximate surface area is 168 Å². The van der Waals surface area contributed by atoms with Gasteiger partial charge in [-0.1, -0.05) is 32.1 Å². The Bertz CT molecular complexity index is 744. The molecule has 0 unspecified atom stereocenters. The fourth-order valence-electron chi connectivity index (χ4n) is 7.09. The van der Waals surface area contributed by atoms with Crippen LogP contribution in [0.3, 0.4) is 0 Å². The molecule has 5 heteroatoms. The highest BCUT2D eigenvalue weighted by atomic mass is 16.3. The van der Waals surface area contributed by atoms with E-state index in [2.05, 4.69) is 36.6 Å². The summed E-state index contributed by atoms with van der Waals surface area (Å²) in [6.07, 6.45) is 11.0. The lowest BCUT2D eigenvalue weighted by atomic mass is 9.47. The molecular weight excluding hydrogens is 352 g/mol. The molecule has 0 aliphatic heterocycles. The summed E-state index contributed by atoms with van der Waals surface area (Å²) in [4.78, 5) is 23.8. The van der Waals surface area contributed by atoms with Gasteiger partial charge in [0.25, 0.3) is 0 Å². The Kier molecular flexibility index (Phi) is 4.72. The minimum absolute atomic E-state index is 0.0132. The van der Waals surface area contributed by atoms with E-state index < -0.39 is 6.10 Å². The second-order valence-corrected chi connectivity index (χ2v) is 10.1. The van der Waals surface area contributed by atoms with Crippen LogP contribution in [0.25, 0.3) is 0 Å². The van der Waals surface area contributed by atoms with Crippen molar-refractivity contribution in [2.45, 2.75) is 71.9 Å². The number of fused-ring (bicyclic) bond motifs is 5. The highest BCUT2D eigenvalue weighted by molar-refractivity contribution is 5.75. The first-order valence-corrected chi connectivity index (χ1v) is 10.8. The zero-order valence-corrected chi connectivity index (χ0v) is 17.5. The van der Waals surface area contributed by atoms with E-state index in [1.54, 1.807) is 13.8 Å². The van der Waals surface area contributed by atoms with Crippen LogP contribution in [0.2, 0.25) is 0 Å². The predicted octanol–water partition coefficient (Wildman–Crippen LogP) is 2.91. The number of carbonyl (C=O) groups is 2. The van der Waals surface area contributed by atoms with Crippen LogP contribution in [0.4, 0.5) is 0 Å². The third-order valence-electron chi connectivity index (χ3n) is 8.48. The van der Waals surface area contributed by atoms with Crippen molar-refractivity contribution in [2.24, 2.45) is 34.5 Å². The lowest BCUT2D eigenvalue weighted by Gasteiger charge is -2.58. The average molecular weight is 387 g/mol. The fraction of sp³-hybridized carbons (Fsp3) is 0.739. The first kappa shape index (κ1) is 19.7. The number of aliphatic hydroxyl groups excluding tert-OH is 1. The van der Waals surface area contributed by atoms with E-state index in [-0.39, 0.29) is 34.6 Å². The molecule has 4 rings (SSSR count). The molecule has 0 bridgehead atoms. The molecule has 0 radical (unpaired) electrons. The van der Waals surface area contributed by atoms with Gasteiger partial charge in [0.1, 0.15) is 0 Å². The van der Waals surface area contributed by atoms with E-state index in [0.29, 0.717) is 17.8 Å². The van der Waals surface area contributed by atoms with Crippen LogP contribution in [0, 0.1) is 34.5 Å². The van der Waals surface area contributed by atoms with E-state index in [0.717, 1.165) is 37.8 Å². The lowest BCUT2D eigenvalue weighted by molar-refractivity contribution is -0.121. The predicted molar refractivity (Wildman–Crippen MR) is 108 cm³/mol. The molecule has 0 spiro atoms. The zero-order valence-electron chi connectivity index (χ0n) is 17.5. The summed E-state index contributed by atoms with van der Waals surface area (Å²) in [5.74, 6) is 1.45.